The van der Waals surface area contributed by atoms with E-state index in [1.54, 1.807) is 12.1 Å². The number of fused-ring (bicyclic) bond motifs is 1. The molecule has 0 saturated carbocycles. The number of hydrogen-bond donors (Lipinski definition) is 1. The van der Waals surface area contributed by atoms with Crippen molar-refractivity contribution < 1.29 is 18.8 Å². The van der Waals surface area contributed by atoms with Gasteiger partial charge in [-0.15, -0.1) is 0 Å². The first-order chi connectivity index (χ1) is 14.2. The molecule has 0 aliphatic heterocycles. The Morgan fingerprint density at radius 2 is 1.69 bits per heavy atom. The van der Waals surface area contributed by atoms with Gasteiger partial charge in [0, 0.05) is 11.1 Å². The Labute approximate surface area is 166 Å². The molecule has 144 valence electrons. The summed E-state index contributed by atoms with van der Waals surface area (Å²) < 4.78 is 10.2. The highest BCUT2D eigenvalue weighted by molar-refractivity contribution is 5.99. The van der Waals surface area contributed by atoms with E-state index in [1.807, 2.05) is 60.7 Å². The van der Waals surface area contributed by atoms with Gasteiger partial charge in [-0.05, 0) is 22.9 Å². The van der Waals surface area contributed by atoms with Crippen LogP contribution in [-0.4, -0.2) is 28.6 Å². The number of hydrogen-bond acceptors (Lipinski definition) is 6. The lowest BCUT2D eigenvalue weighted by Gasteiger charge is -2.06. The number of nitrogens with one attached hydrogen (secondary N) is 1. The van der Waals surface area contributed by atoms with Gasteiger partial charge in [0.1, 0.15) is 6.54 Å². The Kier molecular flexibility index (Phi) is 5.29. The molecule has 29 heavy (non-hydrogen) atoms. The minimum absolute atomic E-state index is 0.162. The van der Waals surface area contributed by atoms with Crippen molar-refractivity contribution in [3.8, 4) is 11.4 Å². The van der Waals surface area contributed by atoms with Crippen molar-refractivity contribution >= 4 is 22.6 Å². The first-order valence-electron chi connectivity index (χ1n) is 9.00. The molecule has 0 aliphatic rings. The second-order valence-corrected chi connectivity index (χ2v) is 6.28. The fourth-order valence-corrected chi connectivity index (χ4v) is 2.80. The van der Waals surface area contributed by atoms with Crippen molar-refractivity contribution in [1.82, 2.24) is 15.5 Å². The van der Waals surface area contributed by atoms with Gasteiger partial charge in [0.05, 0.1) is 0 Å². The number of nitrogens with zero attached hydrogens (tertiary/aromatic N) is 2. The average Bonchev–Trinajstić information content (AvgIpc) is 3.25. The molecule has 4 aromatic rings. The normalized spacial score (nSPS) is 10.6. The van der Waals surface area contributed by atoms with Crippen LogP contribution in [0, 0.1) is 0 Å². The summed E-state index contributed by atoms with van der Waals surface area (Å²) in [6.07, 6.45) is 0. The molecular formula is C22H17N3O4. The van der Waals surface area contributed by atoms with Crippen LogP contribution in [0.4, 0.5) is 0 Å². The lowest BCUT2D eigenvalue weighted by atomic mass is 10.1. The van der Waals surface area contributed by atoms with E-state index < -0.39 is 5.97 Å². The standard InChI is InChI=1S/C22H17N3O4/c26-20(28-14-19-24-21(25-29-19)16-7-2-1-3-8-16)13-23-22(27)18-11-10-15-6-4-5-9-17(15)12-18/h1-12H,13-14H2,(H,23,27). The molecule has 3 aromatic carbocycles. The van der Waals surface area contributed by atoms with Crippen LogP contribution in [0.1, 0.15) is 16.2 Å². The smallest absolute Gasteiger partial charge is 0.325 e. The van der Waals surface area contributed by atoms with E-state index in [-0.39, 0.29) is 24.9 Å². The monoisotopic (exact) mass is 387 g/mol. The van der Waals surface area contributed by atoms with Crippen LogP contribution in [-0.2, 0) is 16.1 Å². The Hall–Kier alpha value is -4.00. The number of amides is 1. The van der Waals surface area contributed by atoms with E-state index in [2.05, 4.69) is 15.5 Å². The van der Waals surface area contributed by atoms with E-state index in [0.717, 1.165) is 16.3 Å². The topological polar surface area (TPSA) is 94.3 Å². The van der Waals surface area contributed by atoms with Gasteiger partial charge >= 0.3 is 5.97 Å². The molecule has 0 saturated heterocycles. The SMILES string of the molecule is O=C(CNC(=O)c1ccc2ccccc2c1)OCc1nc(-c2ccccc2)no1. The predicted octanol–water partition coefficient (Wildman–Crippen LogP) is 3.36. The highest BCUT2D eigenvalue weighted by Crippen LogP contribution is 2.16. The molecule has 1 N–H and O–H groups in total. The van der Waals surface area contributed by atoms with Crippen molar-refractivity contribution in [3.63, 3.8) is 0 Å². The largest absolute Gasteiger partial charge is 0.454 e. The van der Waals surface area contributed by atoms with E-state index in [4.69, 9.17) is 9.26 Å². The molecule has 0 aliphatic carbocycles. The van der Waals surface area contributed by atoms with Gasteiger partial charge < -0.3 is 14.6 Å². The molecule has 1 amide bonds. The molecule has 0 bridgehead atoms. The summed E-state index contributed by atoms with van der Waals surface area (Å²) in [6.45, 7) is -0.421. The molecule has 0 fully saturated rings. The number of rotatable bonds is 6. The van der Waals surface area contributed by atoms with Gasteiger partial charge in [-0.2, -0.15) is 4.98 Å². The summed E-state index contributed by atoms with van der Waals surface area (Å²) in [5, 5.41) is 8.40. The van der Waals surface area contributed by atoms with Crippen LogP contribution in [0.5, 0.6) is 0 Å². The van der Waals surface area contributed by atoms with E-state index in [9.17, 15) is 9.59 Å². The molecule has 0 atom stereocenters. The molecule has 0 unspecified atom stereocenters. The maximum Gasteiger partial charge on any atom is 0.325 e. The van der Waals surface area contributed by atoms with E-state index in [0.29, 0.717) is 11.4 Å². The van der Waals surface area contributed by atoms with Crippen molar-refractivity contribution in [1.29, 1.82) is 0 Å². The van der Waals surface area contributed by atoms with Crippen molar-refractivity contribution in [3.05, 3.63) is 84.3 Å². The molecule has 7 heteroatoms. The Morgan fingerprint density at radius 3 is 2.52 bits per heavy atom. The molecule has 0 radical (unpaired) electrons. The Bertz CT molecular complexity index is 1150. The zero-order valence-electron chi connectivity index (χ0n) is 15.4. The summed E-state index contributed by atoms with van der Waals surface area (Å²) in [6, 6.07) is 22.4. The molecule has 1 heterocycles. The first-order valence-corrected chi connectivity index (χ1v) is 9.00. The minimum Gasteiger partial charge on any atom is -0.454 e. The van der Waals surface area contributed by atoms with Crippen LogP contribution in [0.15, 0.2) is 77.3 Å². The highest BCUT2D eigenvalue weighted by Gasteiger charge is 2.13. The summed E-state index contributed by atoms with van der Waals surface area (Å²) in [7, 11) is 0. The summed E-state index contributed by atoms with van der Waals surface area (Å²) >= 11 is 0. The van der Waals surface area contributed by atoms with Crippen molar-refractivity contribution in [2.24, 2.45) is 0 Å². The Balaban J connectivity index is 1.28. The maximum absolute atomic E-state index is 12.3. The molecule has 1 aromatic heterocycles. The van der Waals surface area contributed by atoms with Gasteiger partial charge in [0.15, 0.2) is 6.61 Å². The fourth-order valence-electron chi connectivity index (χ4n) is 2.80. The Morgan fingerprint density at radius 1 is 0.931 bits per heavy atom. The van der Waals surface area contributed by atoms with Gasteiger partial charge in [-0.1, -0.05) is 65.8 Å². The van der Waals surface area contributed by atoms with Gasteiger partial charge in [0.2, 0.25) is 5.82 Å². The lowest BCUT2D eigenvalue weighted by Crippen LogP contribution is -2.30. The van der Waals surface area contributed by atoms with Gasteiger partial charge in [-0.25, -0.2) is 0 Å². The number of esters is 1. The van der Waals surface area contributed by atoms with Crippen molar-refractivity contribution in [2.45, 2.75) is 6.61 Å². The van der Waals surface area contributed by atoms with Gasteiger partial charge in [-0.3, -0.25) is 9.59 Å². The van der Waals surface area contributed by atoms with Crippen LogP contribution in [0.3, 0.4) is 0 Å². The number of carbonyl (C=O) groups excluding carboxylic acids is 2. The quantitative estimate of drug-likeness (QED) is 0.510. The maximum atomic E-state index is 12.3. The van der Waals surface area contributed by atoms with Crippen LogP contribution < -0.4 is 5.32 Å². The second-order valence-electron chi connectivity index (χ2n) is 6.28. The molecular weight excluding hydrogens is 370 g/mol. The number of aromatic nitrogens is 2. The summed E-state index contributed by atoms with van der Waals surface area (Å²) in [4.78, 5) is 28.4. The third-order valence-electron chi connectivity index (χ3n) is 4.26. The van der Waals surface area contributed by atoms with E-state index >= 15 is 0 Å². The molecule has 4 rings (SSSR count). The summed E-state index contributed by atoms with van der Waals surface area (Å²) in [5.74, 6) is -0.352. The van der Waals surface area contributed by atoms with Crippen LogP contribution >= 0.6 is 0 Å². The molecule has 0 spiro atoms. The number of benzene rings is 3. The van der Waals surface area contributed by atoms with E-state index in [1.165, 1.54) is 0 Å². The number of ether oxygens (including phenoxy) is 1. The zero-order valence-corrected chi connectivity index (χ0v) is 15.4. The average molecular weight is 387 g/mol. The number of carbonyl (C=O) groups is 2. The van der Waals surface area contributed by atoms with Gasteiger partial charge in [0.25, 0.3) is 11.8 Å². The first kappa shape index (κ1) is 18.4. The van der Waals surface area contributed by atoms with Crippen LogP contribution in [0.25, 0.3) is 22.2 Å². The zero-order chi connectivity index (χ0) is 20.1. The molecule has 7 nitrogen and oxygen atoms in total. The second kappa shape index (κ2) is 8.35. The summed E-state index contributed by atoms with van der Waals surface area (Å²) in [5.41, 5.74) is 1.28. The predicted molar refractivity (Wildman–Crippen MR) is 106 cm³/mol. The minimum atomic E-state index is -0.599. The third-order valence-corrected chi connectivity index (χ3v) is 4.26. The lowest BCUT2D eigenvalue weighted by molar-refractivity contribution is -0.144. The highest BCUT2D eigenvalue weighted by atomic mass is 16.6. The van der Waals surface area contributed by atoms with Crippen molar-refractivity contribution in [2.75, 3.05) is 6.54 Å². The van der Waals surface area contributed by atoms with Crippen LogP contribution in [0.2, 0.25) is 0 Å². The fraction of sp³-hybridized carbons (Fsp3) is 0.0909. The third kappa shape index (κ3) is 4.47.